The molecule has 2 nitrogen and oxygen atoms in total. The molecule has 0 unspecified atom stereocenters. The molecule has 7 heavy (non-hydrogen) atoms. The maximum atomic E-state index is 5.10. The summed E-state index contributed by atoms with van der Waals surface area (Å²) in [6.45, 7) is 5.67. The van der Waals surface area contributed by atoms with Gasteiger partial charge in [0.25, 0.3) is 0 Å². The molecule has 0 N–H and O–H groups in total. The topological polar surface area (TPSA) is 18.5 Å². The molecule has 1 fully saturated rings. The Morgan fingerprint density at radius 1 is 1.29 bits per heavy atom. The lowest BCUT2D eigenvalue weighted by atomic mass is 10.3. The molecule has 1 aliphatic heterocycles. The van der Waals surface area contributed by atoms with Crippen LogP contribution >= 0.6 is 0 Å². The first-order chi connectivity index (χ1) is 3.10. The van der Waals surface area contributed by atoms with Crippen LogP contribution in [0.4, 0.5) is 0 Å². The van der Waals surface area contributed by atoms with E-state index in [0.29, 0.717) is 0 Å². The number of ether oxygens (including phenoxy) is 2. The minimum Gasteiger partial charge on any atom is -0.322 e. The number of rotatable bonds is 0. The maximum Gasteiger partial charge on any atom is 0.169 e. The Morgan fingerprint density at radius 3 is 1.71 bits per heavy atom. The fourth-order valence-corrected chi connectivity index (χ4v) is 0.808. The van der Waals surface area contributed by atoms with Crippen molar-refractivity contribution < 1.29 is 9.47 Å². The Kier molecular flexibility index (Phi) is 0.869. The first-order valence-electron chi connectivity index (χ1n) is 2.46. The molecule has 0 atom stereocenters. The highest BCUT2D eigenvalue weighted by Crippen LogP contribution is 2.26. The van der Waals surface area contributed by atoms with Crippen LogP contribution in [0, 0.1) is 0 Å². The number of hydrogen-bond donors (Lipinski definition) is 0. The SMILES string of the molecule is CC1OC(C)(C)O1. The van der Waals surface area contributed by atoms with Gasteiger partial charge in [-0.05, 0) is 20.8 Å². The Balaban J connectivity index is 2.29. The zero-order valence-corrected chi connectivity index (χ0v) is 4.89. The summed E-state index contributed by atoms with van der Waals surface area (Å²) in [7, 11) is 0. The van der Waals surface area contributed by atoms with Crippen LogP contribution in [-0.2, 0) is 9.47 Å². The smallest absolute Gasteiger partial charge is 0.169 e. The van der Waals surface area contributed by atoms with Gasteiger partial charge in [-0.3, -0.25) is 0 Å². The summed E-state index contributed by atoms with van der Waals surface area (Å²) < 4.78 is 10.2. The van der Waals surface area contributed by atoms with E-state index in [0.717, 1.165) is 0 Å². The van der Waals surface area contributed by atoms with Crippen molar-refractivity contribution in [2.45, 2.75) is 32.8 Å². The third kappa shape index (κ3) is 0.924. The predicted molar refractivity (Wildman–Crippen MR) is 25.7 cm³/mol. The molecule has 42 valence electrons. The van der Waals surface area contributed by atoms with Crippen molar-refractivity contribution in [1.29, 1.82) is 0 Å². The zero-order valence-electron chi connectivity index (χ0n) is 4.89. The minimum atomic E-state index is -0.306. The second kappa shape index (κ2) is 1.20. The van der Waals surface area contributed by atoms with Gasteiger partial charge in [0.2, 0.25) is 0 Å². The predicted octanol–water partition coefficient (Wildman–Crippen LogP) is 1.12. The Bertz CT molecular complexity index is 70.1. The minimum absolute atomic E-state index is 0.00926. The lowest BCUT2D eigenvalue weighted by molar-refractivity contribution is -0.429. The van der Waals surface area contributed by atoms with Crippen LogP contribution in [0.2, 0.25) is 0 Å². The zero-order chi connectivity index (χ0) is 5.49. The van der Waals surface area contributed by atoms with E-state index in [1.54, 1.807) is 0 Å². The summed E-state index contributed by atoms with van der Waals surface area (Å²) in [5.41, 5.74) is 0. The van der Waals surface area contributed by atoms with Crippen LogP contribution in [0.3, 0.4) is 0 Å². The van der Waals surface area contributed by atoms with Crippen LogP contribution in [0.25, 0.3) is 0 Å². The van der Waals surface area contributed by atoms with Crippen molar-refractivity contribution in [3.05, 3.63) is 0 Å². The molecule has 0 bridgehead atoms. The van der Waals surface area contributed by atoms with Gasteiger partial charge in [0.15, 0.2) is 12.1 Å². The summed E-state index contributed by atoms with van der Waals surface area (Å²) in [6.07, 6.45) is 0.00926. The highest BCUT2D eigenvalue weighted by atomic mass is 16.9. The highest BCUT2D eigenvalue weighted by Gasteiger charge is 2.34. The molecular formula is C5H10O2. The molecule has 1 heterocycles. The first-order valence-corrected chi connectivity index (χ1v) is 2.46. The molecule has 0 amide bonds. The van der Waals surface area contributed by atoms with Crippen LogP contribution < -0.4 is 0 Å². The van der Waals surface area contributed by atoms with Gasteiger partial charge < -0.3 is 9.47 Å². The molecule has 1 saturated heterocycles. The fraction of sp³-hybridized carbons (Fsp3) is 1.00. The van der Waals surface area contributed by atoms with E-state index in [9.17, 15) is 0 Å². The van der Waals surface area contributed by atoms with E-state index >= 15 is 0 Å². The van der Waals surface area contributed by atoms with E-state index in [4.69, 9.17) is 9.47 Å². The van der Waals surface area contributed by atoms with Gasteiger partial charge in [0, 0.05) is 0 Å². The van der Waals surface area contributed by atoms with Crippen molar-refractivity contribution in [2.24, 2.45) is 0 Å². The molecule has 1 aliphatic rings. The van der Waals surface area contributed by atoms with Gasteiger partial charge in [-0.15, -0.1) is 0 Å². The van der Waals surface area contributed by atoms with Crippen molar-refractivity contribution in [2.75, 3.05) is 0 Å². The molecule has 0 aromatic carbocycles. The molecule has 0 aromatic heterocycles. The van der Waals surface area contributed by atoms with E-state index in [1.807, 2.05) is 20.8 Å². The molecule has 2 heteroatoms. The quantitative estimate of drug-likeness (QED) is 0.456. The summed E-state index contributed by atoms with van der Waals surface area (Å²) >= 11 is 0. The summed E-state index contributed by atoms with van der Waals surface area (Å²) in [5, 5.41) is 0. The second-order valence-electron chi connectivity index (χ2n) is 2.20. The third-order valence-electron chi connectivity index (χ3n) is 0.900. The Hall–Kier alpha value is -0.0800. The summed E-state index contributed by atoms with van der Waals surface area (Å²) in [5.74, 6) is -0.306. The molecular weight excluding hydrogens is 92.1 g/mol. The van der Waals surface area contributed by atoms with Crippen LogP contribution in [0.15, 0.2) is 0 Å². The monoisotopic (exact) mass is 102 g/mol. The third-order valence-corrected chi connectivity index (χ3v) is 0.900. The number of hydrogen-bond acceptors (Lipinski definition) is 2. The van der Waals surface area contributed by atoms with Crippen LogP contribution in [0.5, 0.6) is 0 Å². The van der Waals surface area contributed by atoms with Gasteiger partial charge in [0.1, 0.15) is 0 Å². The second-order valence-corrected chi connectivity index (χ2v) is 2.20. The summed E-state index contributed by atoms with van der Waals surface area (Å²) in [6, 6.07) is 0. The fourth-order valence-electron chi connectivity index (χ4n) is 0.808. The molecule has 0 saturated carbocycles. The van der Waals surface area contributed by atoms with Gasteiger partial charge in [-0.1, -0.05) is 0 Å². The van der Waals surface area contributed by atoms with Gasteiger partial charge in [0.05, 0.1) is 0 Å². The molecule has 0 radical (unpaired) electrons. The average Bonchev–Trinajstić information content (AvgIpc) is 1.27. The molecule has 1 rings (SSSR count). The van der Waals surface area contributed by atoms with Gasteiger partial charge in [-0.2, -0.15) is 0 Å². The molecule has 0 aromatic rings. The van der Waals surface area contributed by atoms with E-state index in [2.05, 4.69) is 0 Å². The maximum absolute atomic E-state index is 5.10. The lowest BCUT2D eigenvalue weighted by Crippen LogP contribution is -2.47. The largest absolute Gasteiger partial charge is 0.322 e. The van der Waals surface area contributed by atoms with Gasteiger partial charge in [-0.25, -0.2) is 0 Å². The summed E-state index contributed by atoms with van der Waals surface area (Å²) in [4.78, 5) is 0. The van der Waals surface area contributed by atoms with Crippen LogP contribution in [0.1, 0.15) is 20.8 Å². The lowest BCUT2D eigenvalue weighted by Gasteiger charge is -2.40. The molecule has 0 spiro atoms. The average molecular weight is 102 g/mol. The first kappa shape index (κ1) is 5.06. The van der Waals surface area contributed by atoms with Crippen molar-refractivity contribution in [3.63, 3.8) is 0 Å². The normalized spacial score (nSPS) is 29.6. The van der Waals surface area contributed by atoms with E-state index in [1.165, 1.54) is 0 Å². The molecule has 0 aliphatic carbocycles. The van der Waals surface area contributed by atoms with Crippen molar-refractivity contribution in [1.82, 2.24) is 0 Å². The van der Waals surface area contributed by atoms with E-state index < -0.39 is 0 Å². The van der Waals surface area contributed by atoms with Crippen molar-refractivity contribution >= 4 is 0 Å². The standard InChI is InChI=1S/C5H10O2/c1-4-6-5(2,3)7-4/h4H,1-3H3. The highest BCUT2D eigenvalue weighted by molar-refractivity contribution is 4.62. The Morgan fingerprint density at radius 2 is 1.71 bits per heavy atom. The Labute approximate surface area is 43.4 Å². The van der Waals surface area contributed by atoms with E-state index in [-0.39, 0.29) is 12.1 Å². The van der Waals surface area contributed by atoms with Crippen molar-refractivity contribution in [3.8, 4) is 0 Å². The van der Waals surface area contributed by atoms with Crippen LogP contribution in [-0.4, -0.2) is 12.1 Å². The van der Waals surface area contributed by atoms with Gasteiger partial charge >= 0.3 is 0 Å².